The van der Waals surface area contributed by atoms with Gasteiger partial charge in [0.1, 0.15) is 5.82 Å². The van der Waals surface area contributed by atoms with E-state index in [9.17, 15) is 9.59 Å². The number of para-hydroxylation sites is 2. The molecule has 3 N–H and O–H groups in total. The van der Waals surface area contributed by atoms with E-state index >= 15 is 0 Å². The van der Waals surface area contributed by atoms with Gasteiger partial charge in [-0.3, -0.25) is 9.59 Å². The maximum Gasteiger partial charge on any atom is 0.252 e. The maximum absolute atomic E-state index is 11.9. The Bertz CT molecular complexity index is 797. The molecule has 112 valence electrons. The number of H-pyrrole nitrogens is 2. The van der Waals surface area contributed by atoms with E-state index in [1.807, 2.05) is 24.3 Å². The van der Waals surface area contributed by atoms with Gasteiger partial charge < -0.3 is 15.3 Å². The molecule has 3 aromatic rings. The van der Waals surface area contributed by atoms with E-state index < -0.39 is 0 Å². The summed E-state index contributed by atoms with van der Waals surface area (Å²) in [5.74, 6) is 0.723. The summed E-state index contributed by atoms with van der Waals surface area (Å²) in [6, 6.07) is 10.7. The Balaban J connectivity index is 1.49. The van der Waals surface area contributed by atoms with E-state index in [1.165, 1.54) is 18.3 Å². The lowest BCUT2D eigenvalue weighted by Crippen LogP contribution is -2.25. The number of carbonyl (C=O) groups is 1. The van der Waals surface area contributed by atoms with Crippen molar-refractivity contribution in [3.05, 3.63) is 64.3 Å². The smallest absolute Gasteiger partial charge is 0.252 e. The molecule has 0 fully saturated rings. The predicted octanol–water partition coefficient (Wildman–Crippen LogP) is 1.61. The van der Waals surface area contributed by atoms with Crippen molar-refractivity contribution in [1.29, 1.82) is 0 Å². The minimum Gasteiger partial charge on any atom is -0.352 e. The van der Waals surface area contributed by atoms with E-state index in [0.29, 0.717) is 12.1 Å². The number of nitrogens with zero attached hydrogens (tertiary/aromatic N) is 1. The molecule has 6 nitrogen and oxygen atoms in total. The molecular weight excluding hydrogens is 280 g/mol. The molecule has 2 aromatic heterocycles. The zero-order valence-corrected chi connectivity index (χ0v) is 11.9. The van der Waals surface area contributed by atoms with Crippen molar-refractivity contribution >= 4 is 16.9 Å². The number of benzene rings is 1. The second kappa shape index (κ2) is 6.26. The molecule has 2 heterocycles. The Morgan fingerprint density at radius 2 is 2.05 bits per heavy atom. The van der Waals surface area contributed by atoms with Gasteiger partial charge in [0.05, 0.1) is 16.6 Å². The first-order valence-electron chi connectivity index (χ1n) is 7.13. The van der Waals surface area contributed by atoms with Crippen LogP contribution < -0.4 is 10.9 Å². The highest BCUT2D eigenvalue weighted by atomic mass is 16.1. The molecule has 0 bridgehead atoms. The highest BCUT2D eigenvalue weighted by Crippen LogP contribution is 2.11. The molecule has 0 aliphatic carbocycles. The van der Waals surface area contributed by atoms with Crippen molar-refractivity contribution in [3.63, 3.8) is 0 Å². The minimum absolute atomic E-state index is 0.194. The Hall–Kier alpha value is -2.89. The topological polar surface area (TPSA) is 90.6 Å². The summed E-state index contributed by atoms with van der Waals surface area (Å²) >= 11 is 0. The van der Waals surface area contributed by atoms with Crippen LogP contribution in [0.1, 0.15) is 22.6 Å². The number of carbonyl (C=O) groups excluding carboxylic acids is 1. The molecule has 0 aliphatic rings. The second-order valence-electron chi connectivity index (χ2n) is 5.00. The van der Waals surface area contributed by atoms with E-state index in [-0.39, 0.29) is 11.5 Å². The largest absolute Gasteiger partial charge is 0.352 e. The first kappa shape index (κ1) is 14.1. The predicted molar refractivity (Wildman–Crippen MR) is 83.8 cm³/mol. The molecule has 1 amide bonds. The van der Waals surface area contributed by atoms with Crippen LogP contribution in [0.5, 0.6) is 0 Å². The van der Waals surface area contributed by atoms with Crippen LogP contribution >= 0.6 is 0 Å². The van der Waals surface area contributed by atoms with Crippen LogP contribution in [0.25, 0.3) is 11.0 Å². The summed E-state index contributed by atoms with van der Waals surface area (Å²) < 4.78 is 0. The lowest BCUT2D eigenvalue weighted by molar-refractivity contribution is 0.0953. The molecule has 0 radical (unpaired) electrons. The number of pyridine rings is 1. The molecule has 1 aromatic carbocycles. The van der Waals surface area contributed by atoms with Gasteiger partial charge >= 0.3 is 0 Å². The monoisotopic (exact) mass is 296 g/mol. The quantitative estimate of drug-likeness (QED) is 0.625. The second-order valence-corrected chi connectivity index (χ2v) is 5.00. The molecule has 0 saturated carbocycles. The zero-order chi connectivity index (χ0) is 15.4. The summed E-state index contributed by atoms with van der Waals surface area (Å²) in [5.41, 5.74) is 2.20. The number of aryl methyl sites for hydroxylation is 1. The molecule has 0 saturated heterocycles. The van der Waals surface area contributed by atoms with Gasteiger partial charge in [0.25, 0.3) is 5.91 Å². The third-order valence-corrected chi connectivity index (χ3v) is 3.36. The lowest BCUT2D eigenvalue weighted by Gasteiger charge is -2.03. The van der Waals surface area contributed by atoms with Crippen LogP contribution in [-0.4, -0.2) is 27.4 Å². The molecule has 0 atom stereocenters. The first-order chi connectivity index (χ1) is 10.7. The number of amides is 1. The van der Waals surface area contributed by atoms with E-state index in [4.69, 9.17) is 0 Å². The molecule has 22 heavy (non-hydrogen) atoms. The highest BCUT2D eigenvalue weighted by Gasteiger charge is 2.05. The van der Waals surface area contributed by atoms with E-state index in [2.05, 4.69) is 20.3 Å². The first-order valence-corrected chi connectivity index (χ1v) is 7.13. The van der Waals surface area contributed by atoms with Crippen molar-refractivity contribution in [1.82, 2.24) is 20.3 Å². The fourth-order valence-corrected chi connectivity index (χ4v) is 2.24. The number of hydrogen-bond acceptors (Lipinski definition) is 3. The molecule has 0 aliphatic heterocycles. The normalized spacial score (nSPS) is 10.7. The van der Waals surface area contributed by atoms with E-state index in [1.54, 1.807) is 0 Å². The van der Waals surface area contributed by atoms with Crippen LogP contribution in [0.15, 0.2) is 47.4 Å². The van der Waals surface area contributed by atoms with Gasteiger partial charge in [-0.15, -0.1) is 0 Å². The number of rotatable bonds is 5. The number of nitrogens with one attached hydrogen (secondary N) is 3. The highest BCUT2D eigenvalue weighted by molar-refractivity contribution is 5.93. The van der Waals surface area contributed by atoms with Crippen molar-refractivity contribution in [2.45, 2.75) is 12.8 Å². The van der Waals surface area contributed by atoms with Crippen molar-refractivity contribution in [2.24, 2.45) is 0 Å². The van der Waals surface area contributed by atoms with Crippen LogP contribution in [0, 0.1) is 0 Å². The van der Waals surface area contributed by atoms with Gasteiger partial charge in [0.2, 0.25) is 5.56 Å². The zero-order valence-electron chi connectivity index (χ0n) is 11.9. The van der Waals surface area contributed by atoms with Crippen molar-refractivity contribution in [2.75, 3.05) is 6.54 Å². The Morgan fingerprint density at radius 3 is 2.82 bits per heavy atom. The van der Waals surface area contributed by atoms with Gasteiger partial charge in [0.15, 0.2) is 0 Å². The van der Waals surface area contributed by atoms with Crippen LogP contribution in [0.3, 0.4) is 0 Å². The summed E-state index contributed by atoms with van der Waals surface area (Å²) in [5, 5.41) is 2.82. The summed E-state index contributed by atoms with van der Waals surface area (Å²) in [6.07, 6.45) is 2.96. The summed E-state index contributed by atoms with van der Waals surface area (Å²) in [6.45, 7) is 0.551. The average molecular weight is 296 g/mol. The minimum atomic E-state index is -0.221. The average Bonchev–Trinajstić information content (AvgIpc) is 2.95. The van der Waals surface area contributed by atoms with Gasteiger partial charge in [-0.2, -0.15) is 0 Å². The SMILES string of the molecule is O=C(NCCCc1nc2ccccc2[nH]1)c1ccc(=O)[nH]c1. The van der Waals surface area contributed by atoms with Crippen molar-refractivity contribution < 1.29 is 4.79 Å². The number of fused-ring (bicyclic) bond motifs is 1. The van der Waals surface area contributed by atoms with Crippen LogP contribution in [0.4, 0.5) is 0 Å². The Kier molecular flexibility index (Phi) is 4.00. The van der Waals surface area contributed by atoms with Gasteiger partial charge in [0, 0.05) is 25.2 Å². The van der Waals surface area contributed by atoms with Crippen LogP contribution in [-0.2, 0) is 6.42 Å². The van der Waals surface area contributed by atoms with Gasteiger partial charge in [-0.25, -0.2) is 4.98 Å². The fraction of sp³-hybridized carbons (Fsp3) is 0.188. The van der Waals surface area contributed by atoms with Gasteiger partial charge in [-0.05, 0) is 24.6 Å². The molecule has 0 unspecified atom stereocenters. The number of aromatic nitrogens is 3. The third kappa shape index (κ3) is 3.22. The fourth-order valence-electron chi connectivity index (χ4n) is 2.24. The standard InChI is InChI=1S/C16H16N4O2/c21-15-8-7-11(10-18-15)16(22)17-9-3-6-14-19-12-4-1-2-5-13(12)20-14/h1-2,4-5,7-8,10H,3,6,9H2,(H,17,22)(H,18,21)(H,19,20). The summed E-state index contributed by atoms with van der Waals surface area (Å²) in [7, 11) is 0. The molecule has 0 spiro atoms. The lowest BCUT2D eigenvalue weighted by atomic mass is 10.2. The number of imidazole rings is 1. The van der Waals surface area contributed by atoms with E-state index in [0.717, 1.165) is 29.7 Å². The van der Waals surface area contributed by atoms with Crippen molar-refractivity contribution in [3.8, 4) is 0 Å². The maximum atomic E-state index is 11.9. The number of aromatic amines is 2. The van der Waals surface area contributed by atoms with Gasteiger partial charge in [-0.1, -0.05) is 12.1 Å². The Labute approximate surface area is 126 Å². The molecular formula is C16H16N4O2. The molecule has 6 heteroatoms. The Morgan fingerprint density at radius 1 is 1.18 bits per heavy atom. The van der Waals surface area contributed by atoms with Crippen LogP contribution in [0.2, 0.25) is 0 Å². The number of hydrogen-bond donors (Lipinski definition) is 3. The molecule has 3 rings (SSSR count). The third-order valence-electron chi connectivity index (χ3n) is 3.36. The summed E-state index contributed by atoms with van der Waals surface area (Å²) in [4.78, 5) is 33.0.